The molecular formula is C14H12Br2ClN. The van der Waals surface area contributed by atoms with E-state index in [0.717, 1.165) is 21.1 Å². The van der Waals surface area contributed by atoms with Crippen LogP contribution in [0.15, 0.2) is 51.5 Å². The number of rotatable bonds is 4. The van der Waals surface area contributed by atoms with Crippen LogP contribution < -0.4 is 0 Å². The van der Waals surface area contributed by atoms with E-state index >= 15 is 0 Å². The molecule has 1 unspecified atom stereocenters. The van der Waals surface area contributed by atoms with Gasteiger partial charge in [0.25, 0.3) is 0 Å². The summed E-state index contributed by atoms with van der Waals surface area (Å²) in [7, 11) is 0. The van der Waals surface area contributed by atoms with Gasteiger partial charge in [0.1, 0.15) is 0 Å². The maximum atomic E-state index is 6.07. The van der Waals surface area contributed by atoms with E-state index in [1.807, 2.05) is 30.5 Å². The third-order valence-electron chi connectivity index (χ3n) is 2.77. The van der Waals surface area contributed by atoms with E-state index in [-0.39, 0.29) is 0 Å². The average Bonchev–Trinajstić information content (AvgIpc) is 2.39. The second kappa shape index (κ2) is 6.69. The van der Waals surface area contributed by atoms with Gasteiger partial charge >= 0.3 is 0 Å². The molecule has 1 aromatic heterocycles. The summed E-state index contributed by atoms with van der Waals surface area (Å²) in [5, 5.41) is 0. The van der Waals surface area contributed by atoms with Gasteiger partial charge in [0.15, 0.2) is 0 Å². The van der Waals surface area contributed by atoms with Crippen molar-refractivity contribution in [3.05, 3.63) is 62.8 Å². The van der Waals surface area contributed by atoms with Gasteiger partial charge in [0, 0.05) is 32.6 Å². The predicted octanol–water partition coefficient (Wildman–Crippen LogP) is 5.17. The van der Waals surface area contributed by atoms with Crippen molar-refractivity contribution in [2.24, 2.45) is 0 Å². The fourth-order valence-corrected chi connectivity index (χ4v) is 2.56. The molecule has 0 amide bonds. The maximum absolute atomic E-state index is 6.07. The lowest BCUT2D eigenvalue weighted by atomic mass is 9.96. The van der Waals surface area contributed by atoms with Gasteiger partial charge in [-0.05, 0) is 52.2 Å². The molecule has 2 aromatic rings. The van der Waals surface area contributed by atoms with Crippen LogP contribution in [0.5, 0.6) is 0 Å². The number of nitrogens with zero attached hydrogens (tertiary/aromatic N) is 1. The molecule has 0 bridgehead atoms. The molecule has 0 saturated heterocycles. The third-order valence-corrected chi connectivity index (χ3v) is 4.14. The second-order valence-electron chi connectivity index (χ2n) is 4.07. The third kappa shape index (κ3) is 3.81. The molecule has 94 valence electrons. The van der Waals surface area contributed by atoms with Crippen LogP contribution in [0.2, 0.25) is 0 Å². The molecule has 2 rings (SSSR count). The first-order chi connectivity index (χ1) is 8.69. The molecule has 0 fully saturated rings. The molecule has 0 aliphatic rings. The van der Waals surface area contributed by atoms with E-state index in [9.17, 15) is 0 Å². The van der Waals surface area contributed by atoms with E-state index in [1.54, 1.807) is 0 Å². The van der Waals surface area contributed by atoms with Gasteiger partial charge < -0.3 is 0 Å². The van der Waals surface area contributed by atoms with Gasteiger partial charge in [-0.25, -0.2) is 0 Å². The first-order valence-electron chi connectivity index (χ1n) is 5.61. The highest BCUT2D eigenvalue weighted by Crippen LogP contribution is 2.23. The lowest BCUT2D eigenvalue weighted by Gasteiger charge is -2.14. The Hall–Kier alpha value is -0.380. The van der Waals surface area contributed by atoms with Crippen LogP contribution >= 0.6 is 43.5 Å². The van der Waals surface area contributed by atoms with Crippen LogP contribution in [0.25, 0.3) is 0 Å². The Bertz CT molecular complexity index is 496. The molecule has 4 heteroatoms. The molecule has 0 spiro atoms. The van der Waals surface area contributed by atoms with Gasteiger partial charge in [0.2, 0.25) is 0 Å². The summed E-state index contributed by atoms with van der Waals surface area (Å²) in [4.78, 5) is 4.39. The zero-order valence-electron chi connectivity index (χ0n) is 9.61. The number of halogens is 3. The van der Waals surface area contributed by atoms with Crippen molar-refractivity contribution in [3.63, 3.8) is 0 Å². The minimum atomic E-state index is 0.299. The van der Waals surface area contributed by atoms with Crippen molar-refractivity contribution in [1.82, 2.24) is 4.98 Å². The van der Waals surface area contributed by atoms with E-state index in [4.69, 9.17) is 11.6 Å². The van der Waals surface area contributed by atoms with Crippen LogP contribution in [0, 0.1) is 0 Å². The van der Waals surface area contributed by atoms with Crippen LogP contribution in [0.4, 0.5) is 0 Å². The van der Waals surface area contributed by atoms with Crippen molar-refractivity contribution in [2.75, 3.05) is 5.88 Å². The first-order valence-corrected chi connectivity index (χ1v) is 7.73. The molecule has 1 aromatic carbocycles. The van der Waals surface area contributed by atoms with Crippen molar-refractivity contribution >= 4 is 43.5 Å². The highest BCUT2D eigenvalue weighted by molar-refractivity contribution is 9.10. The lowest BCUT2D eigenvalue weighted by Crippen LogP contribution is -2.05. The smallest absolute Gasteiger partial charge is 0.0413 e. The fourth-order valence-electron chi connectivity index (χ4n) is 1.78. The quantitative estimate of drug-likeness (QED) is 0.657. The van der Waals surface area contributed by atoms with Gasteiger partial charge in [-0.3, -0.25) is 4.98 Å². The Labute approximate surface area is 129 Å². The Morgan fingerprint density at radius 3 is 2.22 bits per heavy atom. The van der Waals surface area contributed by atoms with Crippen molar-refractivity contribution in [2.45, 2.75) is 12.3 Å². The fraction of sp³-hybridized carbons (Fsp3) is 0.214. The van der Waals surface area contributed by atoms with E-state index in [2.05, 4.69) is 49.0 Å². The number of pyridine rings is 1. The van der Waals surface area contributed by atoms with Crippen LogP contribution in [-0.2, 0) is 6.42 Å². The molecule has 0 radical (unpaired) electrons. The predicted molar refractivity (Wildman–Crippen MR) is 83.2 cm³/mol. The molecule has 0 aliphatic heterocycles. The highest BCUT2D eigenvalue weighted by Gasteiger charge is 2.12. The summed E-state index contributed by atoms with van der Waals surface area (Å²) < 4.78 is 2.08. The number of hydrogen-bond acceptors (Lipinski definition) is 1. The number of aromatic nitrogens is 1. The number of benzene rings is 1. The summed E-state index contributed by atoms with van der Waals surface area (Å²) in [6.45, 7) is 0. The van der Waals surface area contributed by atoms with E-state index in [1.165, 1.54) is 5.56 Å². The summed E-state index contributed by atoms with van der Waals surface area (Å²) >= 11 is 12.9. The van der Waals surface area contributed by atoms with Crippen LogP contribution in [0.1, 0.15) is 17.2 Å². The number of hydrogen-bond donors (Lipinski definition) is 0. The Kier molecular flexibility index (Phi) is 5.22. The first kappa shape index (κ1) is 14.0. The van der Waals surface area contributed by atoms with Crippen molar-refractivity contribution in [3.8, 4) is 0 Å². The number of alkyl halides is 1. The monoisotopic (exact) mass is 387 g/mol. The van der Waals surface area contributed by atoms with Gasteiger partial charge in [0.05, 0.1) is 0 Å². The zero-order chi connectivity index (χ0) is 13.0. The van der Waals surface area contributed by atoms with E-state index < -0.39 is 0 Å². The molecular weight excluding hydrogens is 377 g/mol. The molecule has 18 heavy (non-hydrogen) atoms. The van der Waals surface area contributed by atoms with Crippen molar-refractivity contribution in [1.29, 1.82) is 0 Å². The van der Waals surface area contributed by atoms with Crippen LogP contribution in [-0.4, -0.2) is 10.9 Å². The zero-order valence-corrected chi connectivity index (χ0v) is 13.5. The topological polar surface area (TPSA) is 12.9 Å². The molecule has 0 saturated carbocycles. The minimum absolute atomic E-state index is 0.299. The van der Waals surface area contributed by atoms with Gasteiger partial charge in [-0.15, -0.1) is 11.6 Å². The van der Waals surface area contributed by atoms with Crippen LogP contribution in [0.3, 0.4) is 0 Å². The Balaban J connectivity index is 2.14. The summed E-state index contributed by atoms with van der Waals surface area (Å²) in [5.41, 5.74) is 2.31. The second-order valence-corrected chi connectivity index (χ2v) is 6.21. The molecule has 0 aliphatic carbocycles. The normalized spacial score (nSPS) is 12.4. The molecule has 1 nitrogen and oxygen atoms in total. The largest absolute Gasteiger partial charge is 0.260 e. The highest BCUT2D eigenvalue weighted by atomic mass is 79.9. The van der Waals surface area contributed by atoms with Gasteiger partial charge in [-0.1, -0.05) is 28.1 Å². The van der Waals surface area contributed by atoms with Gasteiger partial charge in [-0.2, -0.15) is 0 Å². The molecule has 1 heterocycles. The van der Waals surface area contributed by atoms with E-state index in [0.29, 0.717) is 11.8 Å². The summed E-state index contributed by atoms with van der Waals surface area (Å²) in [5.74, 6) is 0.896. The minimum Gasteiger partial charge on any atom is -0.260 e. The van der Waals surface area contributed by atoms with Crippen molar-refractivity contribution < 1.29 is 0 Å². The SMILES string of the molecule is ClCC(Cc1ccc(Br)cn1)c1ccc(Br)cc1. The standard InChI is InChI=1S/C14H12Br2ClN/c15-12-3-1-10(2-4-12)11(8-17)7-14-6-5-13(16)9-18-14/h1-6,9,11H,7-8H2. The summed E-state index contributed by atoms with van der Waals surface area (Å²) in [6.07, 6.45) is 2.68. The lowest BCUT2D eigenvalue weighted by molar-refractivity contribution is 0.747. The maximum Gasteiger partial charge on any atom is 0.0413 e. The average molecular weight is 390 g/mol. The Morgan fingerprint density at radius 1 is 1.00 bits per heavy atom. The molecule has 1 atom stereocenters. The summed E-state index contributed by atoms with van der Waals surface area (Å²) in [6, 6.07) is 12.3. The molecule has 0 N–H and O–H groups in total. The Morgan fingerprint density at radius 2 is 1.67 bits per heavy atom.